The van der Waals surface area contributed by atoms with Crippen molar-refractivity contribution in [3.63, 3.8) is 0 Å². The zero-order valence-electron chi connectivity index (χ0n) is 5.65. The maximum Gasteiger partial charge on any atom is 0.209 e. The fourth-order valence-electron chi connectivity index (χ4n) is 0.663. The molecule has 1 heterocycles. The van der Waals surface area contributed by atoms with Gasteiger partial charge in [-0.25, -0.2) is 0 Å². The normalized spacial score (nSPS) is 9.20. The van der Waals surface area contributed by atoms with E-state index in [0.29, 0.717) is 5.82 Å². The van der Waals surface area contributed by atoms with E-state index in [0.717, 1.165) is 17.5 Å². The Kier molecular flexibility index (Phi) is 1.95. The van der Waals surface area contributed by atoms with Crippen molar-refractivity contribution in [2.75, 3.05) is 0 Å². The third-order valence-corrected chi connectivity index (χ3v) is 1.10. The molecule has 1 aromatic rings. The van der Waals surface area contributed by atoms with Gasteiger partial charge in [-0.2, -0.15) is 5.26 Å². The highest BCUT2D eigenvalue weighted by Crippen LogP contribution is 1.93. The Morgan fingerprint density at radius 2 is 2.50 bits per heavy atom. The fourth-order valence-corrected chi connectivity index (χ4v) is 0.663. The lowest BCUT2D eigenvalue weighted by molar-refractivity contribution is 0.756. The van der Waals surface area contributed by atoms with Crippen molar-refractivity contribution in [2.24, 2.45) is 0 Å². The monoisotopic (exact) mass is 137 g/mol. The fraction of sp³-hybridized carbons (Fsp3) is 0.600. The summed E-state index contributed by atoms with van der Waals surface area (Å²) in [5.74, 6) is 0.630. The van der Waals surface area contributed by atoms with Crippen LogP contribution >= 0.6 is 0 Å². The van der Waals surface area contributed by atoms with Gasteiger partial charge in [0.15, 0.2) is 5.82 Å². The van der Waals surface area contributed by atoms with Crippen molar-refractivity contribution in [2.45, 2.75) is 19.8 Å². The van der Waals surface area contributed by atoms with Crippen molar-refractivity contribution >= 4 is 0 Å². The van der Waals surface area contributed by atoms with Crippen LogP contribution in [0.4, 0.5) is 0 Å². The molecule has 0 aliphatic rings. The molecule has 0 saturated heterocycles. The lowest BCUT2D eigenvalue weighted by Gasteiger charge is -1.88. The van der Waals surface area contributed by atoms with E-state index in [9.17, 15) is 0 Å². The third kappa shape index (κ3) is 1.10. The maximum atomic E-state index is 8.40. The molecule has 0 bridgehead atoms. The van der Waals surface area contributed by atoms with Crippen LogP contribution in [0.25, 0.3) is 0 Å². The minimum atomic E-state index is 0.630. The first-order valence-electron chi connectivity index (χ1n) is 3.06. The number of tetrazole rings is 1. The highest BCUT2D eigenvalue weighted by atomic mass is 15.5. The summed E-state index contributed by atoms with van der Waals surface area (Å²) in [6, 6.07) is 0. The van der Waals surface area contributed by atoms with Gasteiger partial charge in [0, 0.05) is 6.42 Å². The molecular formula is C5H7N5. The summed E-state index contributed by atoms with van der Waals surface area (Å²) < 4.78 is 1.13. The van der Waals surface area contributed by atoms with Gasteiger partial charge < -0.3 is 0 Å². The molecular weight excluding hydrogens is 130 g/mol. The van der Waals surface area contributed by atoms with Gasteiger partial charge in [0.1, 0.15) is 0 Å². The standard InChI is InChI=1S/C5H7N5/c1-2-3-5-7-8-9-10(5)4-6/h2-3H2,1H3. The quantitative estimate of drug-likeness (QED) is 0.573. The first-order chi connectivity index (χ1) is 4.88. The Labute approximate surface area is 58.3 Å². The molecule has 0 amide bonds. The van der Waals surface area contributed by atoms with Crippen LogP contribution in [0.3, 0.4) is 0 Å². The van der Waals surface area contributed by atoms with E-state index in [-0.39, 0.29) is 0 Å². The van der Waals surface area contributed by atoms with Gasteiger partial charge in [0.2, 0.25) is 6.19 Å². The summed E-state index contributed by atoms with van der Waals surface area (Å²) in [7, 11) is 0. The summed E-state index contributed by atoms with van der Waals surface area (Å²) in [4.78, 5) is 0. The molecule has 1 rings (SSSR count). The van der Waals surface area contributed by atoms with E-state index in [1.54, 1.807) is 0 Å². The van der Waals surface area contributed by atoms with Gasteiger partial charge in [-0.3, -0.25) is 0 Å². The summed E-state index contributed by atoms with van der Waals surface area (Å²) in [6.45, 7) is 2.01. The molecule has 0 spiro atoms. The van der Waals surface area contributed by atoms with Crippen LogP contribution in [0.15, 0.2) is 0 Å². The molecule has 0 unspecified atom stereocenters. The highest BCUT2D eigenvalue weighted by Gasteiger charge is 2.01. The number of aromatic nitrogens is 4. The number of nitrogens with zero attached hydrogens (tertiary/aromatic N) is 5. The second-order valence-corrected chi connectivity index (χ2v) is 1.86. The summed E-state index contributed by atoms with van der Waals surface area (Å²) in [5.41, 5.74) is 0. The first-order valence-corrected chi connectivity index (χ1v) is 3.06. The molecule has 5 nitrogen and oxygen atoms in total. The van der Waals surface area contributed by atoms with E-state index in [2.05, 4.69) is 15.5 Å². The Bertz CT molecular complexity index is 245. The molecule has 0 N–H and O–H groups in total. The van der Waals surface area contributed by atoms with Crippen LogP contribution in [0.1, 0.15) is 19.2 Å². The lowest BCUT2D eigenvalue weighted by Crippen LogP contribution is -1.98. The predicted molar refractivity (Wildman–Crippen MR) is 32.8 cm³/mol. The number of hydrogen-bond donors (Lipinski definition) is 0. The summed E-state index contributed by atoms with van der Waals surface area (Å²) >= 11 is 0. The minimum Gasteiger partial charge on any atom is -0.170 e. The Balaban J connectivity index is 2.82. The third-order valence-electron chi connectivity index (χ3n) is 1.10. The van der Waals surface area contributed by atoms with Crippen molar-refractivity contribution in [3.8, 4) is 6.19 Å². The SMILES string of the molecule is CCCc1nnnn1C#N. The molecule has 5 heteroatoms. The topological polar surface area (TPSA) is 67.4 Å². The van der Waals surface area contributed by atoms with Crippen LogP contribution in [0.5, 0.6) is 0 Å². The molecule has 0 saturated carbocycles. The number of nitriles is 1. The zero-order chi connectivity index (χ0) is 7.40. The largest absolute Gasteiger partial charge is 0.209 e. The number of hydrogen-bond acceptors (Lipinski definition) is 4. The average molecular weight is 137 g/mol. The Morgan fingerprint density at radius 3 is 3.10 bits per heavy atom. The lowest BCUT2D eigenvalue weighted by atomic mass is 10.3. The Morgan fingerprint density at radius 1 is 1.70 bits per heavy atom. The summed E-state index contributed by atoms with van der Waals surface area (Å²) in [5, 5.41) is 18.9. The molecule has 0 aliphatic carbocycles. The van der Waals surface area contributed by atoms with Crippen molar-refractivity contribution < 1.29 is 0 Å². The second-order valence-electron chi connectivity index (χ2n) is 1.86. The molecule has 0 fully saturated rings. The predicted octanol–water partition coefficient (Wildman–Crippen LogP) is -0.0452. The highest BCUT2D eigenvalue weighted by molar-refractivity contribution is 4.88. The van der Waals surface area contributed by atoms with Gasteiger partial charge in [0.25, 0.3) is 0 Å². The van der Waals surface area contributed by atoms with Crippen molar-refractivity contribution in [3.05, 3.63) is 5.82 Å². The molecule has 1 aromatic heterocycles. The smallest absolute Gasteiger partial charge is 0.170 e. The van der Waals surface area contributed by atoms with Crippen LogP contribution in [0.2, 0.25) is 0 Å². The molecule has 0 atom stereocenters. The Hall–Kier alpha value is -1.44. The van der Waals surface area contributed by atoms with Gasteiger partial charge in [-0.15, -0.1) is 9.78 Å². The van der Waals surface area contributed by atoms with E-state index in [1.165, 1.54) is 0 Å². The van der Waals surface area contributed by atoms with Gasteiger partial charge in [-0.1, -0.05) is 6.92 Å². The molecule has 0 aromatic carbocycles. The second kappa shape index (κ2) is 2.92. The summed E-state index contributed by atoms with van der Waals surface area (Å²) in [6.07, 6.45) is 3.54. The molecule has 0 radical (unpaired) electrons. The van der Waals surface area contributed by atoms with Crippen molar-refractivity contribution in [1.29, 1.82) is 5.26 Å². The van der Waals surface area contributed by atoms with Crippen LogP contribution in [-0.4, -0.2) is 20.2 Å². The van der Waals surface area contributed by atoms with Crippen LogP contribution in [0, 0.1) is 11.5 Å². The molecule has 10 heavy (non-hydrogen) atoms. The van der Waals surface area contributed by atoms with E-state index >= 15 is 0 Å². The number of rotatable bonds is 2. The van der Waals surface area contributed by atoms with Crippen molar-refractivity contribution in [1.82, 2.24) is 20.2 Å². The van der Waals surface area contributed by atoms with E-state index in [1.807, 2.05) is 13.1 Å². The van der Waals surface area contributed by atoms with Gasteiger partial charge in [-0.05, 0) is 16.8 Å². The maximum absolute atomic E-state index is 8.40. The van der Waals surface area contributed by atoms with Gasteiger partial charge in [0.05, 0.1) is 0 Å². The van der Waals surface area contributed by atoms with Crippen LogP contribution < -0.4 is 0 Å². The van der Waals surface area contributed by atoms with E-state index < -0.39 is 0 Å². The molecule has 52 valence electrons. The van der Waals surface area contributed by atoms with Crippen LogP contribution in [-0.2, 0) is 6.42 Å². The number of aryl methyl sites for hydroxylation is 1. The van der Waals surface area contributed by atoms with E-state index in [4.69, 9.17) is 5.26 Å². The minimum absolute atomic E-state index is 0.630. The van der Waals surface area contributed by atoms with Gasteiger partial charge >= 0.3 is 0 Å². The average Bonchev–Trinajstić information content (AvgIpc) is 2.36. The zero-order valence-corrected chi connectivity index (χ0v) is 5.65. The molecule has 0 aliphatic heterocycles. The first kappa shape index (κ1) is 6.68.